The summed E-state index contributed by atoms with van der Waals surface area (Å²) in [6, 6.07) is 0.611. The highest BCUT2D eigenvalue weighted by atomic mass is 15.0. The Kier molecular flexibility index (Phi) is 4.32. The van der Waals surface area contributed by atoms with Crippen molar-refractivity contribution in [2.75, 3.05) is 6.54 Å². The summed E-state index contributed by atoms with van der Waals surface area (Å²) in [4.78, 5) is 0. The van der Waals surface area contributed by atoms with Gasteiger partial charge in [0.2, 0.25) is 0 Å². The van der Waals surface area contributed by atoms with E-state index in [4.69, 9.17) is 5.73 Å². The molecule has 0 amide bonds. The monoisotopic (exact) mass is 211 g/mol. The van der Waals surface area contributed by atoms with Gasteiger partial charge in [-0.2, -0.15) is 0 Å². The second kappa shape index (κ2) is 5.11. The molecule has 2 heteroatoms. The molecule has 2 N–H and O–H groups in total. The van der Waals surface area contributed by atoms with Gasteiger partial charge in [-0.25, -0.2) is 4.58 Å². The summed E-state index contributed by atoms with van der Waals surface area (Å²) < 4.78 is 2.28. The molecule has 0 aliphatic heterocycles. The van der Waals surface area contributed by atoms with Crippen molar-refractivity contribution in [3.8, 4) is 0 Å². The van der Waals surface area contributed by atoms with Crippen LogP contribution in [0.25, 0.3) is 0 Å². The zero-order chi connectivity index (χ0) is 11.5. The van der Waals surface area contributed by atoms with E-state index in [2.05, 4.69) is 32.1 Å². The van der Waals surface area contributed by atoms with Gasteiger partial charge in [0.1, 0.15) is 13.3 Å². The van der Waals surface area contributed by atoms with Gasteiger partial charge in [0.05, 0.1) is 0 Å². The quantitative estimate of drug-likeness (QED) is 0.549. The van der Waals surface area contributed by atoms with Gasteiger partial charge in [0, 0.05) is 24.3 Å². The first kappa shape index (κ1) is 12.7. The topological polar surface area (TPSA) is 29.0 Å². The third-order valence-electron chi connectivity index (χ3n) is 3.59. The highest BCUT2D eigenvalue weighted by Gasteiger charge is 2.44. The van der Waals surface area contributed by atoms with Crippen molar-refractivity contribution < 1.29 is 4.58 Å². The Hall–Kier alpha value is -0.370. The molecule has 0 aromatic rings. The minimum atomic E-state index is 0.0359. The fourth-order valence-electron chi connectivity index (χ4n) is 3.01. The first-order valence-corrected chi connectivity index (χ1v) is 6.36. The minimum Gasteiger partial charge on any atom is -0.325 e. The first-order valence-electron chi connectivity index (χ1n) is 6.36. The third-order valence-corrected chi connectivity index (χ3v) is 3.59. The van der Waals surface area contributed by atoms with Gasteiger partial charge in [-0.15, -0.1) is 0 Å². The smallest absolute Gasteiger partial charge is 0.156 e. The van der Waals surface area contributed by atoms with E-state index in [1.807, 2.05) is 0 Å². The Labute approximate surface area is 94.6 Å². The van der Waals surface area contributed by atoms with Crippen LogP contribution in [0.15, 0.2) is 0 Å². The van der Waals surface area contributed by atoms with Gasteiger partial charge in [0.15, 0.2) is 6.04 Å². The molecular formula is C13H27N2+. The molecule has 0 saturated heterocycles. The van der Waals surface area contributed by atoms with Crippen LogP contribution in [-0.4, -0.2) is 29.4 Å². The lowest BCUT2D eigenvalue weighted by Gasteiger charge is -2.16. The Morgan fingerprint density at radius 3 is 2.53 bits per heavy atom. The lowest BCUT2D eigenvalue weighted by Crippen LogP contribution is -2.35. The summed E-state index contributed by atoms with van der Waals surface area (Å²) in [7, 11) is 0. The van der Waals surface area contributed by atoms with Crippen LogP contribution in [0.2, 0.25) is 0 Å². The van der Waals surface area contributed by atoms with Crippen molar-refractivity contribution in [3.63, 3.8) is 0 Å². The predicted octanol–water partition coefficient (Wildman–Crippen LogP) is 2.41. The fraction of sp³-hybridized carbons (Fsp3) is 0.923. The molecule has 3 atom stereocenters. The number of nitrogens with two attached hydrogens (primary N) is 1. The lowest BCUT2D eigenvalue weighted by atomic mass is 9.96. The van der Waals surface area contributed by atoms with E-state index >= 15 is 0 Å². The predicted molar refractivity (Wildman–Crippen MR) is 66.6 cm³/mol. The summed E-state index contributed by atoms with van der Waals surface area (Å²) in [6.45, 7) is 11.9. The van der Waals surface area contributed by atoms with Crippen molar-refractivity contribution in [2.45, 2.75) is 64.5 Å². The molecule has 2 nitrogen and oxygen atoms in total. The molecule has 0 heterocycles. The van der Waals surface area contributed by atoms with Gasteiger partial charge in [-0.3, -0.25) is 0 Å². The highest BCUT2D eigenvalue weighted by Crippen LogP contribution is 2.37. The van der Waals surface area contributed by atoms with Crippen molar-refractivity contribution in [1.82, 2.24) is 0 Å². The summed E-state index contributed by atoms with van der Waals surface area (Å²) in [6.07, 6.45) is 6.02. The Bertz CT molecular complexity index is 221. The first-order chi connectivity index (χ1) is 7.00. The molecule has 0 aromatic carbocycles. The maximum absolute atomic E-state index is 6.27. The molecular weight excluding hydrogens is 184 g/mol. The number of hydrogen-bond acceptors (Lipinski definition) is 1. The Morgan fingerprint density at radius 1 is 1.33 bits per heavy atom. The average molecular weight is 211 g/mol. The van der Waals surface area contributed by atoms with Crippen LogP contribution in [0.3, 0.4) is 0 Å². The van der Waals surface area contributed by atoms with Gasteiger partial charge in [-0.05, 0) is 19.8 Å². The van der Waals surface area contributed by atoms with E-state index < -0.39 is 0 Å². The third kappa shape index (κ3) is 3.30. The maximum atomic E-state index is 6.27. The Morgan fingerprint density at radius 2 is 2.00 bits per heavy atom. The van der Waals surface area contributed by atoms with Crippen molar-refractivity contribution >= 4 is 6.72 Å². The Balaban J connectivity index is 2.64. The zero-order valence-corrected chi connectivity index (χ0v) is 10.6. The van der Waals surface area contributed by atoms with E-state index in [1.54, 1.807) is 0 Å². The largest absolute Gasteiger partial charge is 0.325 e. The second-order valence-electron chi connectivity index (χ2n) is 5.49. The van der Waals surface area contributed by atoms with Gasteiger partial charge in [-0.1, -0.05) is 20.3 Å². The van der Waals surface area contributed by atoms with Gasteiger partial charge in [0.25, 0.3) is 0 Å². The van der Waals surface area contributed by atoms with Crippen LogP contribution in [0.4, 0.5) is 0 Å². The molecule has 0 aromatic heterocycles. The van der Waals surface area contributed by atoms with Crippen molar-refractivity contribution in [1.29, 1.82) is 0 Å². The second-order valence-corrected chi connectivity index (χ2v) is 5.49. The number of nitrogens with zero attached hydrogens (tertiary/aromatic N) is 1. The maximum Gasteiger partial charge on any atom is 0.156 e. The standard InChI is InChI=1S/C13H27N2/c1-5-7-11-9-13(3,14)10-12(11)15(4)8-6-2/h11-12H,4-10,14H2,1-3H3/q+1. The molecule has 1 aliphatic rings. The summed E-state index contributed by atoms with van der Waals surface area (Å²) in [5.74, 6) is 0.758. The molecule has 1 aliphatic carbocycles. The number of rotatable bonds is 5. The zero-order valence-electron chi connectivity index (χ0n) is 10.6. The van der Waals surface area contributed by atoms with Crippen LogP contribution in [0, 0.1) is 5.92 Å². The molecule has 3 unspecified atom stereocenters. The van der Waals surface area contributed by atoms with Crippen LogP contribution >= 0.6 is 0 Å². The summed E-state index contributed by atoms with van der Waals surface area (Å²) in [5, 5.41) is 0. The fourth-order valence-corrected chi connectivity index (χ4v) is 3.01. The summed E-state index contributed by atoms with van der Waals surface area (Å²) in [5.41, 5.74) is 6.30. The molecule has 0 spiro atoms. The van der Waals surface area contributed by atoms with E-state index in [1.165, 1.54) is 25.7 Å². The van der Waals surface area contributed by atoms with Crippen LogP contribution < -0.4 is 5.73 Å². The van der Waals surface area contributed by atoms with E-state index in [0.717, 1.165) is 18.9 Å². The van der Waals surface area contributed by atoms with E-state index in [-0.39, 0.29) is 5.54 Å². The molecule has 1 saturated carbocycles. The van der Waals surface area contributed by atoms with Gasteiger partial charge >= 0.3 is 0 Å². The highest BCUT2D eigenvalue weighted by molar-refractivity contribution is 5.15. The number of hydrogen-bond donors (Lipinski definition) is 1. The van der Waals surface area contributed by atoms with Crippen LogP contribution in [-0.2, 0) is 0 Å². The molecule has 88 valence electrons. The van der Waals surface area contributed by atoms with Crippen LogP contribution in [0.5, 0.6) is 0 Å². The molecule has 1 fully saturated rings. The van der Waals surface area contributed by atoms with E-state index in [0.29, 0.717) is 6.04 Å². The normalized spacial score (nSPS) is 35.7. The van der Waals surface area contributed by atoms with Crippen molar-refractivity contribution in [2.24, 2.45) is 11.7 Å². The average Bonchev–Trinajstić information content (AvgIpc) is 2.42. The van der Waals surface area contributed by atoms with E-state index in [9.17, 15) is 0 Å². The lowest BCUT2D eigenvalue weighted by molar-refractivity contribution is -0.564. The molecule has 0 bridgehead atoms. The summed E-state index contributed by atoms with van der Waals surface area (Å²) >= 11 is 0. The van der Waals surface area contributed by atoms with Crippen LogP contribution in [0.1, 0.15) is 52.9 Å². The SMILES string of the molecule is C=[N+](CCC)C1CC(C)(N)CC1CCC. The van der Waals surface area contributed by atoms with Gasteiger partial charge < -0.3 is 5.73 Å². The molecule has 0 radical (unpaired) electrons. The van der Waals surface area contributed by atoms with Crippen molar-refractivity contribution in [3.05, 3.63) is 0 Å². The molecule has 15 heavy (non-hydrogen) atoms. The molecule has 1 rings (SSSR count). The minimum absolute atomic E-state index is 0.0359.